The molecule has 0 aliphatic carbocycles. The Kier molecular flexibility index (Phi) is 6.33. The molecular formula is C24H29N5O4. The molecule has 1 amide bonds. The number of rotatable bonds is 5. The SMILES string of the molecule is CCn1c(=O)c2c(C(=O)N3CCN(Cc4ccccc4)CC3)cc(=O)n(CC)c2n(C)c1=O. The van der Waals surface area contributed by atoms with E-state index in [0.717, 1.165) is 11.1 Å². The molecule has 0 unspecified atom stereocenters. The van der Waals surface area contributed by atoms with Gasteiger partial charge < -0.3 is 4.90 Å². The highest BCUT2D eigenvalue weighted by atomic mass is 16.2. The maximum atomic E-state index is 13.5. The van der Waals surface area contributed by atoms with Crippen LogP contribution in [0.4, 0.5) is 0 Å². The van der Waals surface area contributed by atoms with Crippen molar-refractivity contribution < 1.29 is 4.79 Å². The van der Waals surface area contributed by atoms with Crippen LogP contribution < -0.4 is 16.8 Å². The molecule has 174 valence electrons. The lowest BCUT2D eigenvalue weighted by atomic mass is 10.1. The summed E-state index contributed by atoms with van der Waals surface area (Å²) in [5.41, 5.74) is 0.0292. The van der Waals surface area contributed by atoms with Crippen molar-refractivity contribution in [1.29, 1.82) is 0 Å². The number of hydrogen-bond donors (Lipinski definition) is 0. The van der Waals surface area contributed by atoms with Crippen molar-refractivity contribution in [2.45, 2.75) is 33.5 Å². The summed E-state index contributed by atoms with van der Waals surface area (Å²) in [6.07, 6.45) is 0. The Morgan fingerprint density at radius 3 is 2.15 bits per heavy atom. The van der Waals surface area contributed by atoms with Gasteiger partial charge in [0.25, 0.3) is 17.0 Å². The van der Waals surface area contributed by atoms with Crippen LogP contribution in [-0.2, 0) is 26.7 Å². The molecule has 9 nitrogen and oxygen atoms in total. The van der Waals surface area contributed by atoms with Gasteiger partial charge in [0.1, 0.15) is 5.65 Å². The van der Waals surface area contributed by atoms with Crippen molar-refractivity contribution in [3.8, 4) is 0 Å². The Hall–Kier alpha value is -3.46. The summed E-state index contributed by atoms with van der Waals surface area (Å²) in [6, 6.07) is 11.4. The Morgan fingerprint density at radius 2 is 1.55 bits per heavy atom. The quantitative estimate of drug-likeness (QED) is 0.574. The molecule has 0 radical (unpaired) electrons. The summed E-state index contributed by atoms with van der Waals surface area (Å²) in [7, 11) is 1.53. The number of carbonyl (C=O) groups excluding carboxylic acids is 1. The van der Waals surface area contributed by atoms with Crippen LogP contribution in [0, 0.1) is 0 Å². The van der Waals surface area contributed by atoms with Crippen LogP contribution in [0.1, 0.15) is 29.8 Å². The molecule has 1 aromatic carbocycles. The van der Waals surface area contributed by atoms with Gasteiger partial charge in [0.05, 0.1) is 10.9 Å². The van der Waals surface area contributed by atoms with Crippen molar-refractivity contribution in [1.82, 2.24) is 23.5 Å². The van der Waals surface area contributed by atoms with Crippen LogP contribution in [-0.4, -0.2) is 55.6 Å². The lowest BCUT2D eigenvalue weighted by Gasteiger charge is -2.35. The van der Waals surface area contributed by atoms with E-state index in [4.69, 9.17) is 0 Å². The normalized spacial score (nSPS) is 14.7. The van der Waals surface area contributed by atoms with Crippen molar-refractivity contribution in [3.05, 3.63) is 78.7 Å². The fourth-order valence-corrected chi connectivity index (χ4v) is 4.56. The number of aryl methyl sites for hydroxylation is 2. The topological polar surface area (TPSA) is 89.6 Å². The summed E-state index contributed by atoms with van der Waals surface area (Å²) in [5, 5.41) is 0.122. The number of nitrogens with zero attached hydrogens (tertiary/aromatic N) is 5. The van der Waals surface area contributed by atoms with E-state index in [0.29, 0.717) is 26.2 Å². The predicted molar refractivity (Wildman–Crippen MR) is 127 cm³/mol. The molecule has 3 heterocycles. The van der Waals surface area contributed by atoms with Gasteiger partial charge >= 0.3 is 5.69 Å². The van der Waals surface area contributed by atoms with Gasteiger partial charge in [0.2, 0.25) is 0 Å². The summed E-state index contributed by atoms with van der Waals surface area (Å²) in [4.78, 5) is 56.2. The molecular weight excluding hydrogens is 422 g/mol. The van der Waals surface area contributed by atoms with E-state index in [9.17, 15) is 19.2 Å². The summed E-state index contributed by atoms with van der Waals surface area (Å²) in [5.74, 6) is -0.349. The average molecular weight is 452 g/mol. The van der Waals surface area contributed by atoms with Gasteiger partial charge in [-0.3, -0.25) is 33.0 Å². The molecule has 1 aliphatic heterocycles. The first kappa shape index (κ1) is 22.7. The van der Waals surface area contributed by atoms with E-state index in [1.165, 1.54) is 27.8 Å². The smallest absolute Gasteiger partial charge is 0.332 e. The summed E-state index contributed by atoms with van der Waals surface area (Å²) >= 11 is 0. The monoisotopic (exact) mass is 451 g/mol. The van der Waals surface area contributed by atoms with Gasteiger partial charge in [0.15, 0.2) is 0 Å². The van der Waals surface area contributed by atoms with Crippen LogP contribution in [0.3, 0.4) is 0 Å². The minimum Gasteiger partial charge on any atom is -0.336 e. The van der Waals surface area contributed by atoms with E-state index in [2.05, 4.69) is 17.0 Å². The molecule has 1 aliphatic rings. The van der Waals surface area contributed by atoms with E-state index in [-0.39, 0.29) is 35.6 Å². The van der Waals surface area contributed by atoms with Crippen molar-refractivity contribution in [2.24, 2.45) is 7.05 Å². The van der Waals surface area contributed by atoms with Crippen LogP contribution in [0.2, 0.25) is 0 Å². The Bertz CT molecular complexity index is 1360. The lowest BCUT2D eigenvalue weighted by Crippen LogP contribution is -2.49. The maximum absolute atomic E-state index is 13.5. The largest absolute Gasteiger partial charge is 0.336 e. The molecule has 1 saturated heterocycles. The highest BCUT2D eigenvalue weighted by molar-refractivity contribution is 6.05. The number of piperazine rings is 1. The van der Waals surface area contributed by atoms with Crippen molar-refractivity contribution in [3.63, 3.8) is 0 Å². The number of carbonyl (C=O) groups is 1. The van der Waals surface area contributed by atoms with Gasteiger partial charge in [-0.1, -0.05) is 30.3 Å². The molecule has 0 bridgehead atoms. The minimum absolute atomic E-state index is 0.0685. The predicted octanol–water partition coefficient (Wildman–Crippen LogP) is 0.860. The molecule has 0 saturated carbocycles. The number of pyridine rings is 1. The number of amides is 1. The molecule has 9 heteroatoms. The zero-order valence-electron chi connectivity index (χ0n) is 19.3. The first-order valence-corrected chi connectivity index (χ1v) is 11.3. The second kappa shape index (κ2) is 9.19. The molecule has 0 spiro atoms. The van der Waals surface area contributed by atoms with Crippen LogP contribution in [0.25, 0.3) is 11.0 Å². The molecule has 0 N–H and O–H groups in total. The summed E-state index contributed by atoms with van der Waals surface area (Å²) in [6.45, 7) is 7.13. The summed E-state index contributed by atoms with van der Waals surface area (Å²) < 4.78 is 3.76. The third kappa shape index (κ3) is 4.04. The lowest BCUT2D eigenvalue weighted by molar-refractivity contribution is 0.0630. The number of hydrogen-bond acceptors (Lipinski definition) is 5. The fourth-order valence-electron chi connectivity index (χ4n) is 4.56. The van der Waals surface area contributed by atoms with E-state index in [1.807, 2.05) is 18.2 Å². The zero-order chi connectivity index (χ0) is 23.7. The van der Waals surface area contributed by atoms with Gasteiger partial charge in [-0.25, -0.2) is 4.79 Å². The molecule has 1 fully saturated rings. The van der Waals surface area contributed by atoms with E-state index >= 15 is 0 Å². The van der Waals surface area contributed by atoms with Crippen molar-refractivity contribution >= 4 is 16.9 Å². The minimum atomic E-state index is -0.538. The van der Waals surface area contributed by atoms with Gasteiger partial charge in [-0.2, -0.15) is 0 Å². The second-order valence-electron chi connectivity index (χ2n) is 8.28. The number of benzene rings is 1. The molecule has 33 heavy (non-hydrogen) atoms. The van der Waals surface area contributed by atoms with Gasteiger partial charge in [-0.15, -0.1) is 0 Å². The maximum Gasteiger partial charge on any atom is 0.332 e. The van der Waals surface area contributed by atoms with Crippen molar-refractivity contribution in [2.75, 3.05) is 26.2 Å². The molecule has 0 atom stereocenters. The van der Waals surface area contributed by atoms with Crippen LogP contribution >= 0.6 is 0 Å². The van der Waals surface area contributed by atoms with E-state index < -0.39 is 16.8 Å². The molecule has 4 rings (SSSR count). The second-order valence-corrected chi connectivity index (χ2v) is 8.28. The first-order valence-electron chi connectivity index (χ1n) is 11.3. The van der Waals surface area contributed by atoms with Gasteiger partial charge in [0, 0.05) is 58.9 Å². The number of fused-ring (bicyclic) bond motifs is 1. The Labute approximate surface area is 191 Å². The third-order valence-electron chi connectivity index (χ3n) is 6.35. The van der Waals surface area contributed by atoms with E-state index in [1.54, 1.807) is 18.7 Å². The standard InChI is InChI=1S/C24H29N5O4/c1-4-28-19(30)15-18(20-21(28)25(3)24(33)29(5-2)23(20)32)22(31)27-13-11-26(12-14-27)16-17-9-7-6-8-10-17/h6-10,15H,4-5,11-14,16H2,1-3H3. The highest BCUT2D eigenvalue weighted by Crippen LogP contribution is 2.16. The third-order valence-corrected chi connectivity index (χ3v) is 6.35. The zero-order valence-corrected chi connectivity index (χ0v) is 19.3. The molecule has 2 aromatic heterocycles. The van der Waals surface area contributed by atoms with Gasteiger partial charge in [-0.05, 0) is 19.4 Å². The fraction of sp³-hybridized carbons (Fsp3) is 0.417. The Morgan fingerprint density at radius 1 is 0.909 bits per heavy atom. The average Bonchev–Trinajstić information content (AvgIpc) is 2.83. The number of aromatic nitrogens is 3. The Balaban J connectivity index is 1.71. The van der Waals surface area contributed by atoms with Crippen LogP contribution in [0.5, 0.6) is 0 Å². The molecule has 3 aromatic rings. The van der Waals surface area contributed by atoms with Crippen LogP contribution in [0.15, 0.2) is 50.8 Å². The highest BCUT2D eigenvalue weighted by Gasteiger charge is 2.27. The first-order chi connectivity index (χ1) is 15.9.